The van der Waals surface area contributed by atoms with Gasteiger partial charge in [-0.1, -0.05) is 27.7 Å². The highest BCUT2D eigenvalue weighted by Gasteiger charge is 2.39. The van der Waals surface area contributed by atoms with Crippen LogP contribution in [-0.2, 0) is 31.9 Å². The number of ether oxygens (including phenoxy) is 2. The van der Waals surface area contributed by atoms with E-state index in [2.05, 4.69) is 64.8 Å². The summed E-state index contributed by atoms with van der Waals surface area (Å²) in [4.78, 5) is 78.0. The summed E-state index contributed by atoms with van der Waals surface area (Å²) in [6.45, 7) is 8.82. The second kappa shape index (κ2) is 16.1. The van der Waals surface area contributed by atoms with Gasteiger partial charge in [0.05, 0.1) is 26.3 Å². The minimum Gasteiger partial charge on any atom is -0.453 e. The van der Waals surface area contributed by atoms with Crippen LogP contribution in [0.2, 0.25) is 0 Å². The van der Waals surface area contributed by atoms with Gasteiger partial charge >= 0.3 is 12.2 Å². The highest BCUT2D eigenvalue weighted by atomic mass is 16.5. The van der Waals surface area contributed by atoms with Gasteiger partial charge < -0.3 is 49.8 Å². The van der Waals surface area contributed by atoms with E-state index in [-0.39, 0.29) is 35.7 Å². The number of carbonyl (C=O) groups is 4. The third-order valence-corrected chi connectivity index (χ3v) is 11.0. The maximum atomic E-state index is 13.5. The lowest BCUT2D eigenvalue weighted by molar-refractivity contribution is -0.136. The number of alkyl carbamates (subject to hydrolysis) is 2. The number of aromatic nitrogens is 6. The molecule has 5 aromatic rings. The van der Waals surface area contributed by atoms with Crippen molar-refractivity contribution in [2.45, 2.75) is 90.4 Å². The minimum absolute atomic E-state index is 0.100. The van der Waals surface area contributed by atoms with E-state index in [1.807, 2.05) is 49.9 Å². The van der Waals surface area contributed by atoms with Crippen LogP contribution < -0.4 is 10.6 Å². The fraction of sp³-hybridized carbons (Fsp3) is 0.500. The summed E-state index contributed by atoms with van der Waals surface area (Å²) < 4.78 is 9.52. The number of nitrogens with one attached hydrogen (secondary N) is 6. The zero-order chi connectivity index (χ0) is 39.7. The lowest BCUT2D eigenvalue weighted by atomic mass is 10.0. The van der Waals surface area contributed by atoms with Crippen LogP contribution in [0.15, 0.2) is 36.7 Å². The van der Waals surface area contributed by atoms with E-state index in [9.17, 15) is 19.2 Å². The van der Waals surface area contributed by atoms with Gasteiger partial charge in [0, 0.05) is 82.9 Å². The Morgan fingerprint density at radius 3 is 1.48 bits per heavy atom. The molecule has 2 aliphatic heterocycles. The monoisotopic (exact) mass is 768 g/mol. The Hall–Kier alpha value is -5.80. The van der Waals surface area contributed by atoms with Crippen LogP contribution in [0.1, 0.15) is 99.9 Å². The topological polar surface area (TPSA) is 206 Å². The molecule has 2 saturated heterocycles. The first kappa shape index (κ1) is 38.5. The van der Waals surface area contributed by atoms with Crippen LogP contribution >= 0.6 is 0 Å². The Morgan fingerprint density at radius 2 is 1.09 bits per heavy atom. The van der Waals surface area contributed by atoms with Crippen LogP contribution in [0, 0.1) is 11.8 Å². The van der Waals surface area contributed by atoms with Gasteiger partial charge in [-0.25, -0.2) is 19.6 Å². The van der Waals surface area contributed by atoms with Crippen molar-refractivity contribution in [1.29, 1.82) is 0 Å². The highest BCUT2D eigenvalue weighted by Crippen LogP contribution is 2.34. The molecule has 16 nitrogen and oxygen atoms in total. The highest BCUT2D eigenvalue weighted by molar-refractivity contribution is 5.96. The molecule has 1 aromatic carbocycles. The molecule has 0 bridgehead atoms. The average molecular weight is 769 g/mol. The van der Waals surface area contributed by atoms with Crippen LogP contribution in [0.5, 0.6) is 0 Å². The average Bonchev–Trinajstić information content (AvgIpc) is 4.02. The number of methoxy groups -OCH3 is 2. The number of fused-ring (bicyclic) bond motifs is 2. The summed E-state index contributed by atoms with van der Waals surface area (Å²) in [6, 6.07) is 6.86. The van der Waals surface area contributed by atoms with Crippen LogP contribution in [0.4, 0.5) is 9.59 Å². The van der Waals surface area contributed by atoms with Crippen molar-refractivity contribution in [2.75, 3.05) is 27.3 Å². The van der Waals surface area contributed by atoms with Crippen molar-refractivity contribution in [1.82, 2.24) is 50.3 Å². The Kier molecular flexibility index (Phi) is 11.1. The van der Waals surface area contributed by atoms with Crippen molar-refractivity contribution >= 4 is 45.8 Å². The van der Waals surface area contributed by atoms with Gasteiger partial charge in [0.2, 0.25) is 11.8 Å². The number of benzene rings is 1. The third kappa shape index (κ3) is 7.95. The molecule has 298 valence electrons. The van der Waals surface area contributed by atoms with Gasteiger partial charge in [-0.05, 0) is 61.8 Å². The Labute approximate surface area is 324 Å². The van der Waals surface area contributed by atoms with Gasteiger partial charge in [-0.15, -0.1) is 0 Å². The van der Waals surface area contributed by atoms with Crippen LogP contribution in [-0.4, -0.2) is 103 Å². The van der Waals surface area contributed by atoms with Crippen molar-refractivity contribution < 1.29 is 28.7 Å². The largest absolute Gasteiger partial charge is 0.453 e. The van der Waals surface area contributed by atoms with Gasteiger partial charge in [-0.2, -0.15) is 0 Å². The molecule has 56 heavy (non-hydrogen) atoms. The molecule has 16 heteroatoms. The molecular weight excluding hydrogens is 717 g/mol. The summed E-state index contributed by atoms with van der Waals surface area (Å²) in [5, 5.41) is 7.59. The first-order valence-electron chi connectivity index (χ1n) is 19.4. The molecule has 3 unspecified atom stereocenters. The fourth-order valence-corrected chi connectivity index (χ4v) is 8.14. The molecule has 2 aliphatic rings. The predicted octanol–water partition coefficient (Wildman–Crippen LogP) is 5.37. The van der Waals surface area contributed by atoms with E-state index in [4.69, 9.17) is 9.47 Å². The lowest BCUT2D eigenvalue weighted by Crippen LogP contribution is -2.51. The summed E-state index contributed by atoms with van der Waals surface area (Å²) in [5.74, 6) is 1.02. The van der Waals surface area contributed by atoms with Crippen molar-refractivity contribution in [3.63, 3.8) is 0 Å². The van der Waals surface area contributed by atoms with Crippen molar-refractivity contribution in [2.24, 2.45) is 11.8 Å². The summed E-state index contributed by atoms with van der Waals surface area (Å²) in [6.07, 6.45) is 6.95. The molecule has 4 amide bonds. The van der Waals surface area contributed by atoms with Crippen LogP contribution in [0.3, 0.4) is 0 Å². The smallest absolute Gasteiger partial charge is 0.407 e. The zero-order valence-electron chi connectivity index (χ0n) is 32.8. The maximum absolute atomic E-state index is 13.5. The van der Waals surface area contributed by atoms with Crippen molar-refractivity contribution in [3.05, 3.63) is 71.1 Å². The summed E-state index contributed by atoms with van der Waals surface area (Å²) in [7, 11) is 2.58. The Balaban J connectivity index is 1.000. The summed E-state index contributed by atoms with van der Waals surface area (Å²) in [5.41, 5.74) is 5.98. The fourth-order valence-electron chi connectivity index (χ4n) is 8.14. The van der Waals surface area contributed by atoms with E-state index in [1.165, 1.54) is 14.2 Å². The number of carbonyl (C=O) groups excluding carboxylic acids is 4. The standard InChI is InChI=1S/C40H52N10O6/c1-21(2)33(47-39(53)55-5)37(51)49-11-7-9-31(49)35-41-19-27(45-35)16-25-14-23-13-24-15-26(44-30(24)18-29(23)43-25)17-28-20-42-36(46-28)32-10-8-12-50(32)38(52)34(22(3)4)48-40(54)56-6/h13-15,18-22,31-34,43-44H,7-12,16-17H2,1-6H3,(H,41,45)(H,42,46)(H,47,53)(H,48,54)/t31?,32?,33-,34?/m0/s1. The number of hydrogen-bond donors (Lipinski definition) is 6. The summed E-state index contributed by atoms with van der Waals surface area (Å²) >= 11 is 0. The van der Waals surface area contributed by atoms with E-state index >= 15 is 0 Å². The molecule has 0 radical (unpaired) electrons. The lowest BCUT2D eigenvalue weighted by Gasteiger charge is -2.30. The van der Waals surface area contributed by atoms with E-state index in [1.54, 1.807) is 0 Å². The second-order valence-corrected chi connectivity index (χ2v) is 15.7. The molecule has 6 N–H and O–H groups in total. The number of amides is 4. The number of H-pyrrole nitrogens is 4. The first-order valence-corrected chi connectivity index (χ1v) is 19.4. The van der Waals surface area contributed by atoms with Gasteiger partial charge in [-0.3, -0.25) is 9.59 Å². The quantitative estimate of drug-likeness (QED) is 0.0972. The van der Waals surface area contributed by atoms with Gasteiger partial charge in [0.1, 0.15) is 23.7 Å². The molecule has 4 aromatic heterocycles. The Morgan fingerprint density at radius 1 is 0.661 bits per heavy atom. The molecule has 7 rings (SSSR count). The minimum atomic E-state index is -0.682. The number of imidazole rings is 2. The number of nitrogens with zero attached hydrogens (tertiary/aromatic N) is 4. The van der Waals surface area contributed by atoms with E-state index < -0.39 is 24.3 Å². The molecule has 0 saturated carbocycles. The van der Waals surface area contributed by atoms with Crippen LogP contribution in [0.25, 0.3) is 21.8 Å². The number of hydrogen-bond acceptors (Lipinski definition) is 8. The molecular formula is C40H52N10O6. The molecule has 0 aliphatic carbocycles. The second-order valence-electron chi connectivity index (χ2n) is 15.7. The Bertz CT molecular complexity index is 2010. The van der Waals surface area contributed by atoms with Crippen molar-refractivity contribution in [3.8, 4) is 0 Å². The first-order chi connectivity index (χ1) is 26.9. The number of rotatable bonds is 12. The predicted molar refractivity (Wildman–Crippen MR) is 209 cm³/mol. The van der Waals surface area contributed by atoms with Gasteiger partial charge in [0.15, 0.2) is 0 Å². The normalized spacial score (nSPS) is 18.3. The molecule has 2 fully saturated rings. The SMILES string of the molecule is COC(=O)NC(C(=O)N1CCCC1c1ncc(Cc2cc3cc4cc(Cc5cnc(C6CCCN6C(=O)[C@@H](NC(=O)OC)C(C)C)[nH]5)[nH]c4cc3[nH]2)[nH]1)C(C)C. The number of aromatic amines is 4. The third-order valence-electron chi connectivity index (χ3n) is 11.0. The molecule has 6 heterocycles. The van der Waals surface area contributed by atoms with E-state index in [0.29, 0.717) is 25.9 Å². The van der Waals surface area contributed by atoms with Gasteiger partial charge in [0.25, 0.3) is 0 Å². The maximum Gasteiger partial charge on any atom is 0.407 e. The number of likely N-dealkylation sites (tertiary alicyclic amines) is 2. The van der Waals surface area contributed by atoms with E-state index in [0.717, 1.165) is 81.9 Å². The molecule has 4 atom stereocenters. The zero-order valence-corrected chi connectivity index (χ0v) is 32.8. The molecule has 0 spiro atoms.